The van der Waals surface area contributed by atoms with Crippen molar-refractivity contribution in [2.45, 2.75) is 5.38 Å². The molecule has 0 aliphatic rings. The summed E-state index contributed by atoms with van der Waals surface area (Å²) in [5, 5.41) is 0.982. The van der Waals surface area contributed by atoms with Gasteiger partial charge in [-0.2, -0.15) is 0 Å². The van der Waals surface area contributed by atoms with Gasteiger partial charge in [0.05, 0.1) is 11.4 Å². The van der Waals surface area contributed by atoms with E-state index in [1.54, 1.807) is 11.4 Å². The number of methoxy groups -OCH3 is 1. The molecule has 0 aliphatic heterocycles. The van der Waals surface area contributed by atoms with Gasteiger partial charge < -0.3 is 4.74 Å². The van der Waals surface area contributed by atoms with Crippen molar-refractivity contribution in [3.63, 3.8) is 0 Å². The number of thiophene rings is 1. The Hall–Kier alpha value is -0.250. The molecule has 0 aromatic carbocycles. The standard InChI is InChI=1S/C7H6Cl2O2S/c1-11-7(10)6(9)4-2-5(8)12-3-4/h2-3,6H,1H3. The average Bonchev–Trinajstić information content (AvgIpc) is 2.49. The molecule has 12 heavy (non-hydrogen) atoms. The highest BCUT2D eigenvalue weighted by Gasteiger charge is 2.18. The summed E-state index contributed by atoms with van der Waals surface area (Å²) in [5.74, 6) is -0.467. The lowest BCUT2D eigenvalue weighted by Gasteiger charge is -2.03. The predicted molar refractivity (Wildman–Crippen MR) is 49.9 cm³/mol. The second kappa shape index (κ2) is 4.12. The van der Waals surface area contributed by atoms with Gasteiger partial charge in [-0.15, -0.1) is 22.9 Å². The van der Waals surface area contributed by atoms with Gasteiger partial charge in [0.25, 0.3) is 0 Å². The first-order valence-electron chi connectivity index (χ1n) is 3.11. The largest absolute Gasteiger partial charge is 0.468 e. The smallest absolute Gasteiger partial charge is 0.328 e. The maximum atomic E-state index is 10.9. The third kappa shape index (κ3) is 2.12. The molecule has 0 fully saturated rings. The van der Waals surface area contributed by atoms with E-state index in [1.165, 1.54) is 18.4 Å². The molecule has 1 rings (SSSR count). The van der Waals surface area contributed by atoms with Crippen molar-refractivity contribution >= 4 is 40.5 Å². The van der Waals surface area contributed by atoms with E-state index in [9.17, 15) is 4.79 Å². The SMILES string of the molecule is COC(=O)C(Cl)c1csc(Cl)c1. The zero-order valence-corrected chi connectivity index (χ0v) is 8.54. The Labute approximate surface area is 84.0 Å². The molecule has 1 aromatic rings. The van der Waals surface area contributed by atoms with Crippen LogP contribution in [0.4, 0.5) is 0 Å². The normalized spacial score (nSPS) is 12.6. The van der Waals surface area contributed by atoms with Gasteiger partial charge >= 0.3 is 5.97 Å². The van der Waals surface area contributed by atoms with Crippen molar-refractivity contribution in [2.24, 2.45) is 0 Å². The predicted octanol–water partition coefficient (Wildman–Crippen LogP) is 2.85. The van der Waals surface area contributed by atoms with Crippen molar-refractivity contribution in [1.29, 1.82) is 0 Å². The van der Waals surface area contributed by atoms with Gasteiger partial charge in [0.2, 0.25) is 0 Å². The van der Waals surface area contributed by atoms with Crippen LogP contribution in [-0.4, -0.2) is 13.1 Å². The molecule has 0 radical (unpaired) electrons. The van der Waals surface area contributed by atoms with E-state index in [1.807, 2.05) is 0 Å². The zero-order chi connectivity index (χ0) is 9.14. The zero-order valence-electron chi connectivity index (χ0n) is 6.21. The third-order valence-corrected chi connectivity index (χ3v) is 2.83. The molecule has 2 nitrogen and oxygen atoms in total. The Morgan fingerprint density at radius 3 is 2.83 bits per heavy atom. The maximum Gasteiger partial charge on any atom is 0.328 e. The van der Waals surface area contributed by atoms with E-state index in [-0.39, 0.29) is 0 Å². The minimum atomic E-state index is -0.751. The van der Waals surface area contributed by atoms with Crippen LogP contribution in [0.1, 0.15) is 10.9 Å². The second-order valence-corrected chi connectivity index (χ2v) is 4.05. The number of hydrogen-bond donors (Lipinski definition) is 0. The lowest BCUT2D eigenvalue weighted by atomic mass is 10.2. The van der Waals surface area contributed by atoms with E-state index in [2.05, 4.69) is 4.74 Å². The third-order valence-electron chi connectivity index (χ3n) is 1.29. The number of rotatable bonds is 2. The fourth-order valence-corrected chi connectivity index (χ4v) is 1.90. The molecular formula is C7H6Cl2O2S. The van der Waals surface area contributed by atoms with Crippen LogP contribution in [0.25, 0.3) is 0 Å². The fraction of sp³-hybridized carbons (Fsp3) is 0.286. The van der Waals surface area contributed by atoms with Crippen LogP contribution in [0, 0.1) is 0 Å². The number of ether oxygens (including phenoxy) is 1. The number of carbonyl (C=O) groups excluding carboxylic acids is 1. The molecule has 1 heterocycles. The van der Waals surface area contributed by atoms with Crippen LogP contribution in [-0.2, 0) is 9.53 Å². The van der Waals surface area contributed by atoms with Crippen molar-refractivity contribution in [2.75, 3.05) is 7.11 Å². The molecular weight excluding hydrogens is 219 g/mol. The summed E-state index contributed by atoms with van der Waals surface area (Å²) in [6.07, 6.45) is 0. The molecule has 1 atom stereocenters. The Kier molecular flexibility index (Phi) is 3.38. The number of carbonyl (C=O) groups is 1. The van der Waals surface area contributed by atoms with Crippen molar-refractivity contribution in [3.05, 3.63) is 21.3 Å². The number of hydrogen-bond acceptors (Lipinski definition) is 3. The number of halogens is 2. The lowest BCUT2D eigenvalue weighted by Crippen LogP contribution is -2.07. The quantitative estimate of drug-likeness (QED) is 0.571. The molecule has 66 valence electrons. The first-order valence-corrected chi connectivity index (χ1v) is 4.80. The van der Waals surface area contributed by atoms with Crippen LogP contribution in [0.15, 0.2) is 11.4 Å². The van der Waals surface area contributed by atoms with Crippen LogP contribution >= 0.6 is 34.5 Å². The average molecular weight is 225 g/mol. The van der Waals surface area contributed by atoms with Crippen LogP contribution in [0.2, 0.25) is 4.34 Å². The van der Waals surface area contributed by atoms with Crippen LogP contribution < -0.4 is 0 Å². The summed E-state index contributed by atoms with van der Waals surface area (Å²) in [5.41, 5.74) is 0.679. The van der Waals surface area contributed by atoms with E-state index in [4.69, 9.17) is 23.2 Å². The summed E-state index contributed by atoms with van der Waals surface area (Å²) in [7, 11) is 1.30. The monoisotopic (exact) mass is 224 g/mol. The van der Waals surface area contributed by atoms with Gasteiger partial charge in [0.15, 0.2) is 5.38 Å². The Morgan fingerprint density at radius 1 is 1.75 bits per heavy atom. The highest BCUT2D eigenvalue weighted by molar-refractivity contribution is 7.14. The van der Waals surface area contributed by atoms with Gasteiger partial charge in [-0.3, -0.25) is 4.79 Å². The number of alkyl halides is 1. The minimum Gasteiger partial charge on any atom is -0.468 e. The molecule has 0 saturated heterocycles. The van der Waals surface area contributed by atoms with E-state index in [0.717, 1.165) is 0 Å². The highest BCUT2D eigenvalue weighted by atomic mass is 35.5. The van der Waals surface area contributed by atoms with Gasteiger partial charge in [0.1, 0.15) is 0 Å². The van der Waals surface area contributed by atoms with Crippen molar-refractivity contribution < 1.29 is 9.53 Å². The molecule has 0 amide bonds. The lowest BCUT2D eigenvalue weighted by molar-refractivity contribution is -0.140. The van der Waals surface area contributed by atoms with E-state index >= 15 is 0 Å². The Balaban J connectivity index is 2.77. The molecule has 1 aromatic heterocycles. The van der Waals surface area contributed by atoms with E-state index in [0.29, 0.717) is 9.90 Å². The summed E-state index contributed by atoms with van der Waals surface area (Å²) >= 11 is 12.7. The summed E-state index contributed by atoms with van der Waals surface area (Å²) in [4.78, 5) is 10.9. The van der Waals surface area contributed by atoms with Crippen LogP contribution in [0.3, 0.4) is 0 Å². The molecule has 0 bridgehead atoms. The van der Waals surface area contributed by atoms with Crippen molar-refractivity contribution in [1.82, 2.24) is 0 Å². The summed E-state index contributed by atoms with van der Waals surface area (Å²) < 4.78 is 5.08. The van der Waals surface area contributed by atoms with Crippen LogP contribution in [0.5, 0.6) is 0 Å². The van der Waals surface area contributed by atoms with Crippen molar-refractivity contribution in [3.8, 4) is 0 Å². The van der Waals surface area contributed by atoms with E-state index < -0.39 is 11.3 Å². The summed E-state index contributed by atoms with van der Waals surface area (Å²) in [6.45, 7) is 0. The maximum absolute atomic E-state index is 10.9. The molecule has 0 aliphatic carbocycles. The van der Waals surface area contributed by atoms with Gasteiger partial charge in [-0.05, 0) is 17.0 Å². The molecule has 1 unspecified atom stereocenters. The van der Waals surface area contributed by atoms with Gasteiger partial charge in [0, 0.05) is 0 Å². The Morgan fingerprint density at radius 2 is 2.42 bits per heavy atom. The van der Waals surface area contributed by atoms with Gasteiger partial charge in [-0.25, -0.2) is 0 Å². The molecule has 5 heteroatoms. The number of esters is 1. The van der Waals surface area contributed by atoms with Gasteiger partial charge in [-0.1, -0.05) is 11.6 Å². The molecule has 0 spiro atoms. The Bertz CT molecular complexity index is 285. The first-order chi connectivity index (χ1) is 5.65. The topological polar surface area (TPSA) is 26.3 Å². The minimum absolute atomic E-state index is 0.467. The molecule has 0 N–H and O–H groups in total. The first kappa shape index (κ1) is 9.84. The molecule has 0 saturated carbocycles. The second-order valence-electron chi connectivity index (χ2n) is 2.07. The summed E-state index contributed by atoms with van der Waals surface area (Å²) in [6, 6.07) is 1.65. The fourth-order valence-electron chi connectivity index (χ4n) is 0.696. The highest BCUT2D eigenvalue weighted by Crippen LogP contribution is 2.29.